The number of carbonyl (C=O) groups is 1. The SMILES string of the molecule is O=C(C[C@H]1CO[C@@H]2CN(c3ncccn3)C[C@H]12)NCc1ccco1. The van der Waals surface area contributed by atoms with Crippen molar-refractivity contribution in [3.8, 4) is 0 Å². The number of hydrogen-bond donors (Lipinski definition) is 1. The topological polar surface area (TPSA) is 80.5 Å². The van der Waals surface area contributed by atoms with Gasteiger partial charge in [-0.1, -0.05) is 0 Å². The highest BCUT2D eigenvalue weighted by Crippen LogP contribution is 2.36. The van der Waals surface area contributed by atoms with E-state index < -0.39 is 0 Å². The molecule has 2 aromatic rings. The van der Waals surface area contributed by atoms with Crippen molar-refractivity contribution < 1.29 is 13.9 Å². The average Bonchev–Trinajstić information content (AvgIpc) is 3.32. The molecule has 1 amide bonds. The molecule has 0 spiro atoms. The van der Waals surface area contributed by atoms with E-state index in [2.05, 4.69) is 20.2 Å². The van der Waals surface area contributed by atoms with E-state index in [0.717, 1.165) is 24.8 Å². The van der Waals surface area contributed by atoms with Crippen LogP contribution in [0.2, 0.25) is 0 Å². The number of nitrogens with one attached hydrogen (secondary N) is 1. The summed E-state index contributed by atoms with van der Waals surface area (Å²) in [6.45, 7) is 2.70. The van der Waals surface area contributed by atoms with E-state index in [4.69, 9.17) is 9.15 Å². The first-order chi connectivity index (χ1) is 11.8. The van der Waals surface area contributed by atoms with Gasteiger partial charge >= 0.3 is 0 Å². The lowest BCUT2D eigenvalue weighted by Gasteiger charge is -2.19. The maximum absolute atomic E-state index is 12.2. The number of ether oxygens (including phenoxy) is 1. The monoisotopic (exact) mass is 328 g/mol. The van der Waals surface area contributed by atoms with Gasteiger partial charge in [0.2, 0.25) is 11.9 Å². The molecule has 126 valence electrons. The van der Waals surface area contributed by atoms with Crippen LogP contribution in [0.4, 0.5) is 5.95 Å². The molecule has 0 aromatic carbocycles. The van der Waals surface area contributed by atoms with Crippen LogP contribution in [-0.2, 0) is 16.1 Å². The van der Waals surface area contributed by atoms with Crippen LogP contribution < -0.4 is 10.2 Å². The third-order valence-corrected chi connectivity index (χ3v) is 4.76. The first-order valence-corrected chi connectivity index (χ1v) is 8.22. The van der Waals surface area contributed by atoms with Crippen LogP contribution in [0.5, 0.6) is 0 Å². The second-order valence-corrected chi connectivity index (χ2v) is 6.31. The molecule has 2 aromatic heterocycles. The number of anilines is 1. The Labute approximate surface area is 140 Å². The molecule has 24 heavy (non-hydrogen) atoms. The molecule has 2 aliphatic heterocycles. The lowest BCUT2D eigenvalue weighted by Crippen LogP contribution is -2.30. The number of carbonyl (C=O) groups excluding carboxylic acids is 1. The van der Waals surface area contributed by atoms with Crippen molar-refractivity contribution in [1.29, 1.82) is 0 Å². The van der Waals surface area contributed by atoms with Gasteiger partial charge in [0, 0.05) is 37.8 Å². The minimum absolute atomic E-state index is 0.0371. The Hall–Kier alpha value is -2.41. The average molecular weight is 328 g/mol. The number of rotatable bonds is 5. The molecular weight excluding hydrogens is 308 g/mol. The van der Waals surface area contributed by atoms with Crippen LogP contribution in [0.15, 0.2) is 41.3 Å². The van der Waals surface area contributed by atoms with Gasteiger partial charge in [0.15, 0.2) is 0 Å². The van der Waals surface area contributed by atoms with Crippen molar-refractivity contribution in [3.63, 3.8) is 0 Å². The van der Waals surface area contributed by atoms with Gasteiger partial charge in [-0.3, -0.25) is 4.79 Å². The minimum atomic E-state index is 0.0371. The van der Waals surface area contributed by atoms with Gasteiger partial charge in [-0.25, -0.2) is 9.97 Å². The number of nitrogens with zero attached hydrogens (tertiary/aromatic N) is 3. The summed E-state index contributed by atoms with van der Waals surface area (Å²) in [5, 5.41) is 2.91. The van der Waals surface area contributed by atoms with Crippen LogP contribution in [0.3, 0.4) is 0 Å². The molecule has 0 unspecified atom stereocenters. The molecule has 0 radical (unpaired) electrons. The summed E-state index contributed by atoms with van der Waals surface area (Å²) >= 11 is 0. The molecule has 3 atom stereocenters. The zero-order valence-corrected chi connectivity index (χ0v) is 13.3. The Kier molecular flexibility index (Phi) is 4.17. The minimum Gasteiger partial charge on any atom is -0.467 e. The summed E-state index contributed by atoms with van der Waals surface area (Å²) < 4.78 is 11.1. The Balaban J connectivity index is 1.32. The number of amides is 1. The van der Waals surface area contributed by atoms with Crippen LogP contribution in [-0.4, -0.2) is 41.7 Å². The van der Waals surface area contributed by atoms with Gasteiger partial charge in [-0.05, 0) is 24.1 Å². The Morgan fingerprint density at radius 1 is 1.29 bits per heavy atom. The molecule has 2 saturated heterocycles. The molecule has 1 N–H and O–H groups in total. The zero-order chi connectivity index (χ0) is 16.4. The third kappa shape index (κ3) is 3.12. The highest BCUT2D eigenvalue weighted by Gasteiger charge is 2.45. The van der Waals surface area contributed by atoms with Crippen LogP contribution >= 0.6 is 0 Å². The fourth-order valence-corrected chi connectivity index (χ4v) is 3.54. The first kappa shape index (κ1) is 15.1. The Morgan fingerprint density at radius 2 is 2.17 bits per heavy atom. The van der Waals surface area contributed by atoms with Crippen LogP contribution in [0.25, 0.3) is 0 Å². The van der Waals surface area contributed by atoms with Gasteiger partial charge in [-0.15, -0.1) is 0 Å². The van der Waals surface area contributed by atoms with E-state index >= 15 is 0 Å². The molecule has 0 saturated carbocycles. The standard InChI is InChI=1S/C17H20N4O3/c22-16(20-8-13-3-1-6-23-13)7-12-11-24-15-10-21(9-14(12)15)17-18-4-2-5-19-17/h1-6,12,14-15H,7-11H2,(H,20,22)/t12-,14+,15+/m0/s1. The van der Waals surface area contributed by atoms with E-state index in [1.807, 2.05) is 18.2 Å². The highest BCUT2D eigenvalue weighted by atomic mass is 16.5. The number of fused-ring (bicyclic) bond motifs is 1. The summed E-state index contributed by atoms with van der Waals surface area (Å²) in [6, 6.07) is 5.47. The Morgan fingerprint density at radius 3 is 2.96 bits per heavy atom. The number of hydrogen-bond acceptors (Lipinski definition) is 6. The van der Waals surface area contributed by atoms with Gasteiger partial charge in [0.1, 0.15) is 5.76 Å². The van der Waals surface area contributed by atoms with Crippen LogP contribution in [0, 0.1) is 11.8 Å². The zero-order valence-electron chi connectivity index (χ0n) is 13.3. The normalized spacial score (nSPS) is 25.7. The quantitative estimate of drug-likeness (QED) is 0.889. The number of aromatic nitrogens is 2. The lowest BCUT2D eigenvalue weighted by atomic mass is 9.90. The van der Waals surface area contributed by atoms with E-state index in [1.165, 1.54) is 0 Å². The van der Waals surface area contributed by atoms with Crippen molar-refractivity contribution >= 4 is 11.9 Å². The molecule has 4 rings (SSSR count). The van der Waals surface area contributed by atoms with Crippen molar-refractivity contribution in [3.05, 3.63) is 42.6 Å². The van der Waals surface area contributed by atoms with Crippen molar-refractivity contribution in [2.24, 2.45) is 11.8 Å². The molecule has 4 heterocycles. The molecule has 0 bridgehead atoms. The summed E-state index contributed by atoms with van der Waals surface area (Å²) in [5.41, 5.74) is 0. The largest absolute Gasteiger partial charge is 0.467 e. The van der Waals surface area contributed by atoms with Crippen LogP contribution in [0.1, 0.15) is 12.2 Å². The molecular formula is C17H20N4O3. The predicted octanol–water partition coefficient (Wildman–Crippen LogP) is 1.23. The molecule has 2 aliphatic rings. The fourth-order valence-electron chi connectivity index (χ4n) is 3.54. The number of furan rings is 1. The molecule has 0 aliphatic carbocycles. The third-order valence-electron chi connectivity index (χ3n) is 4.76. The van der Waals surface area contributed by atoms with E-state index in [0.29, 0.717) is 25.5 Å². The second kappa shape index (κ2) is 6.60. The van der Waals surface area contributed by atoms with Crippen molar-refractivity contribution in [2.45, 2.75) is 19.1 Å². The molecule has 7 nitrogen and oxygen atoms in total. The fraction of sp³-hybridized carbons (Fsp3) is 0.471. The van der Waals surface area contributed by atoms with E-state index in [1.54, 1.807) is 18.7 Å². The van der Waals surface area contributed by atoms with Gasteiger partial charge in [-0.2, -0.15) is 0 Å². The van der Waals surface area contributed by atoms with E-state index in [-0.39, 0.29) is 17.9 Å². The van der Waals surface area contributed by atoms with Crippen molar-refractivity contribution in [2.75, 3.05) is 24.6 Å². The van der Waals surface area contributed by atoms with Gasteiger partial charge < -0.3 is 19.4 Å². The summed E-state index contributed by atoms with van der Waals surface area (Å²) in [7, 11) is 0. The maximum Gasteiger partial charge on any atom is 0.225 e. The van der Waals surface area contributed by atoms with Crippen molar-refractivity contribution in [1.82, 2.24) is 15.3 Å². The predicted molar refractivity (Wildman–Crippen MR) is 86.1 cm³/mol. The van der Waals surface area contributed by atoms with Gasteiger partial charge in [0.25, 0.3) is 0 Å². The Bertz CT molecular complexity index is 676. The summed E-state index contributed by atoms with van der Waals surface area (Å²) in [5.74, 6) is 2.12. The lowest BCUT2D eigenvalue weighted by molar-refractivity contribution is -0.122. The molecule has 2 fully saturated rings. The molecule has 7 heteroatoms. The summed E-state index contributed by atoms with van der Waals surface area (Å²) in [6.07, 6.45) is 5.74. The second-order valence-electron chi connectivity index (χ2n) is 6.31. The smallest absolute Gasteiger partial charge is 0.225 e. The van der Waals surface area contributed by atoms with E-state index in [9.17, 15) is 4.79 Å². The van der Waals surface area contributed by atoms with Gasteiger partial charge in [0.05, 0.1) is 25.5 Å². The maximum atomic E-state index is 12.2. The highest BCUT2D eigenvalue weighted by molar-refractivity contribution is 5.76. The first-order valence-electron chi connectivity index (χ1n) is 8.22. The summed E-state index contributed by atoms with van der Waals surface area (Å²) in [4.78, 5) is 22.9.